The van der Waals surface area contributed by atoms with Crippen molar-refractivity contribution < 1.29 is 19.5 Å². The Kier molecular flexibility index (Phi) is 4.40. The van der Waals surface area contributed by atoms with Gasteiger partial charge in [-0.15, -0.1) is 0 Å². The lowest BCUT2D eigenvalue weighted by Crippen LogP contribution is -2.30. The van der Waals surface area contributed by atoms with Crippen molar-refractivity contribution in [3.63, 3.8) is 0 Å². The van der Waals surface area contributed by atoms with Crippen molar-refractivity contribution in [2.24, 2.45) is 0 Å². The average Bonchev–Trinajstić information content (AvgIpc) is 2.62. The molecule has 21 heavy (non-hydrogen) atoms. The van der Waals surface area contributed by atoms with Crippen LogP contribution in [0, 0.1) is 13.8 Å². The molecule has 0 radical (unpaired) electrons. The number of nitrogens with zero attached hydrogens (tertiary/aromatic N) is 1. The Morgan fingerprint density at radius 2 is 1.86 bits per heavy atom. The van der Waals surface area contributed by atoms with E-state index in [4.69, 9.17) is 5.11 Å². The van der Waals surface area contributed by atoms with Gasteiger partial charge in [-0.1, -0.05) is 12.5 Å². The summed E-state index contributed by atoms with van der Waals surface area (Å²) >= 11 is 0. The van der Waals surface area contributed by atoms with Gasteiger partial charge in [0.1, 0.15) is 0 Å². The largest absolute Gasteiger partial charge is 0.481 e. The third kappa shape index (κ3) is 3.12. The first-order chi connectivity index (χ1) is 9.91. The Balaban J connectivity index is 2.07. The quantitative estimate of drug-likeness (QED) is 0.645. The summed E-state index contributed by atoms with van der Waals surface area (Å²) < 4.78 is 0. The van der Waals surface area contributed by atoms with E-state index < -0.39 is 17.7 Å². The summed E-state index contributed by atoms with van der Waals surface area (Å²) in [6.45, 7) is 4.24. The van der Waals surface area contributed by atoms with Crippen molar-refractivity contribution in [3.05, 3.63) is 28.8 Å². The molecule has 0 saturated heterocycles. The number of carboxylic acid groups (broad SMARTS) is 1. The van der Waals surface area contributed by atoms with Gasteiger partial charge < -0.3 is 10.0 Å². The van der Waals surface area contributed by atoms with Gasteiger partial charge in [0.2, 0.25) is 0 Å². The maximum absolute atomic E-state index is 12.1. The fourth-order valence-corrected chi connectivity index (χ4v) is 2.74. The second-order valence-corrected chi connectivity index (χ2v) is 5.47. The van der Waals surface area contributed by atoms with E-state index in [1.807, 2.05) is 26.0 Å². The standard InChI is InChI=1S/C16H19NO4/c1-10-8-11(2)14-12(9-10)17(16(21)15(14)20)7-5-3-4-6-13(18)19/h8-9H,3-7H2,1-2H3,(H,18,19). The van der Waals surface area contributed by atoms with E-state index >= 15 is 0 Å². The molecule has 112 valence electrons. The second kappa shape index (κ2) is 6.08. The predicted octanol–water partition coefficient (Wildman–Crippen LogP) is 2.48. The SMILES string of the molecule is Cc1cc(C)c2c(c1)N(CCCCCC(=O)O)C(=O)C2=O. The van der Waals surface area contributed by atoms with Gasteiger partial charge in [0.05, 0.1) is 11.3 Å². The number of benzene rings is 1. The number of hydrogen-bond donors (Lipinski definition) is 1. The van der Waals surface area contributed by atoms with E-state index in [1.54, 1.807) is 0 Å². The molecule has 0 bridgehead atoms. The van der Waals surface area contributed by atoms with Crippen molar-refractivity contribution in [1.29, 1.82) is 0 Å². The third-order valence-electron chi connectivity index (χ3n) is 3.69. The Bertz CT molecular complexity index is 607. The van der Waals surface area contributed by atoms with Crippen molar-refractivity contribution >= 4 is 23.3 Å². The van der Waals surface area contributed by atoms with Crippen LogP contribution in [0.4, 0.5) is 5.69 Å². The van der Waals surface area contributed by atoms with E-state index in [0.717, 1.165) is 17.5 Å². The molecule has 0 unspecified atom stereocenters. The van der Waals surface area contributed by atoms with Crippen LogP contribution < -0.4 is 4.90 Å². The molecule has 1 amide bonds. The molecule has 1 aliphatic heterocycles. The van der Waals surface area contributed by atoms with Crippen molar-refractivity contribution in [2.45, 2.75) is 39.5 Å². The molecule has 0 saturated carbocycles. The minimum Gasteiger partial charge on any atom is -0.481 e. The minimum absolute atomic E-state index is 0.141. The molecule has 1 aliphatic rings. The van der Waals surface area contributed by atoms with Crippen LogP contribution in [0.3, 0.4) is 0 Å². The maximum atomic E-state index is 12.1. The lowest BCUT2D eigenvalue weighted by atomic mass is 10.0. The Morgan fingerprint density at radius 3 is 2.52 bits per heavy atom. The fraction of sp³-hybridized carbons (Fsp3) is 0.438. The summed E-state index contributed by atoms with van der Waals surface area (Å²) in [4.78, 5) is 36.1. The van der Waals surface area contributed by atoms with Crippen LogP contribution in [0.5, 0.6) is 0 Å². The zero-order valence-corrected chi connectivity index (χ0v) is 12.3. The number of carboxylic acids is 1. The molecule has 0 aromatic heterocycles. The van der Waals surface area contributed by atoms with E-state index in [-0.39, 0.29) is 6.42 Å². The van der Waals surface area contributed by atoms with Gasteiger partial charge in [0.15, 0.2) is 0 Å². The molecule has 1 aromatic carbocycles. The number of carbonyl (C=O) groups excluding carboxylic acids is 2. The highest BCUT2D eigenvalue weighted by Gasteiger charge is 2.36. The number of unbranched alkanes of at least 4 members (excludes halogenated alkanes) is 2. The highest BCUT2D eigenvalue weighted by Crippen LogP contribution is 2.32. The number of ketones is 1. The maximum Gasteiger partial charge on any atom is 0.303 e. The smallest absolute Gasteiger partial charge is 0.303 e. The number of aliphatic carboxylic acids is 1. The summed E-state index contributed by atoms with van der Waals surface area (Å²) in [5.41, 5.74) is 3.05. The van der Waals surface area contributed by atoms with Gasteiger partial charge in [-0.05, 0) is 43.9 Å². The van der Waals surface area contributed by atoms with Crippen LogP contribution in [-0.2, 0) is 9.59 Å². The zero-order valence-electron chi connectivity index (χ0n) is 12.3. The molecule has 5 nitrogen and oxygen atoms in total. The van der Waals surface area contributed by atoms with Gasteiger partial charge in [-0.25, -0.2) is 0 Å². The summed E-state index contributed by atoms with van der Waals surface area (Å²) in [6.07, 6.45) is 2.15. The molecule has 0 aliphatic carbocycles. The molecule has 5 heteroatoms. The van der Waals surface area contributed by atoms with Crippen LogP contribution in [-0.4, -0.2) is 29.3 Å². The number of hydrogen-bond acceptors (Lipinski definition) is 3. The highest BCUT2D eigenvalue weighted by molar-refractivity contribution is 6.52. The van der Waals surface area contributed by atoms with Crippen LogP contribution in [0.25, 0.3) is 0 Å². The summed E-state index contributed by atoms with van der Waals surface area (Å²) in [5, 5.41) is 8.58. The number of carbonyl (C=O) groups is 3. The van der Waals surface area contributed by atoms with Gasteiger partial charge in [-0.2, -0.15) is 0 Å². The summed E-state index contributed by atoms with van der Waals surface area (Å²) in [5.74, 6) is -1.72. The molecule has 0 fully saturated rings. The number of fused-ring (bicyclic) bond motifs is 1. The Labute approximate surface area is 123 Å². The first-order valence-corrected chi connectivity index (χ1v) is 7.11. The molecular formula is C16H19NO4. The molecule has 1 N–H and O–H groups in total. The van der Waals surface area contributed by atoms with Gasteiger partial charge in [-0.3, -0.25) is 14.4 Å². The lowest BCUT2D eigenvalue weighted by molar-refractivity contribution is -0.137. The Morgan fingerprint density at radius 1 is 1.14 bits per heavy atom. The normalized spacial score (nSPS) is 13.7. The monoisotopic (exact) mass is 289 g/mol. The fourth-order valence-electron chi connectivity index (χ4n) is 2.74. The summed E-state index contributed by atoms with van der Waals surface area (Å²) in [7, 11) is 0. The zero-order chi connectivity index (χ0) is 15.6. The molecule has 1 aromatic rings. The minimum atomic E-state index is -0.806. The average molecular weight is 289 g/mol. The van der Waals surface area contributed by atoms with E-state index in [2.05, 4.69) is 0 Å². The molecule has 0 atom stereocenters. The van der Waals surface area contributed by atoms with Gasteiger partial charge >= 0.3 is 5.97 Å². The van der Waals surface area contributed by atoms with Crippen molar-refractivity contribution in [3.8, 4) is 0 Å². The third-order valence-corrected chi connectivity index (χ3v) is 3.69. The van der Waals surface area contributed by atoms with E-state index in [0.29, 0.717) is 30.6 Å². The summed E-state index contributed by atoms with van der Waals surface area (Å²) in [6, 6.07) is 3.77. The molecule has 0 spiro atoms. The van der Waals surface area contributed by atoms with Crippen molar-refractivity contribution in [2.75, 3.05) is 11.4 Å². The van der Waals surface area contributed by atoms with E-state index in [9.17, 15) is 14.4 Å². The number of aryl methyl sites for hydroxylation is 2. The molecule has 2 rings (SSSR count). The number of anilines is 1. The van der Waals surface area contributed by atoms with E-state index in [1.165, 1.54) is 4.90 Å². The first-order valence-electron chi connectivity index (χ1n) is 7.11. The van der Waals surface area contributed by atoms with Crippen molar-refractivity contribution in [1.82, 2.24) is 0 Å². The molecule has 1 heterocycles. The Hall–Kier alpha value is -2.17. The lowest BCUT2D eigenvalue weighted by Gasteiger charge is -2.17. The number of amides is 1. The predicted molar refractivity (Wildman–Crippen MR) is 78.7 cm³/mol. The van der Waals surface area contributed by atoms with Gasteiger partial charge in [0.25, 0.3) is 11.7 Å². The van der Waals surface area contributed by atoms with Crippen LogP contribution in [0.2, 0.25) is 0 Å². The van der Waals surface area contributed by atoms with Crippen LogP contribution in [0.15, 0.2) is 12.1 Å². The second-order valence-electron chi connectivity index (χ2n) is 5.47. The van der Waals surface area contributed by atoms with Gasteiger partial charge in [0, 0.05) is 13.0 Å². The van der Waals surface area contributed by atoms with Crippen LogP contribution in [0.1, 0.15) is 47.2 Å². The number of rotatable bonds is 6. The number of Topliss-reactive ketones (excluding diaryl/α,β-unsaturated/α-hetero) is 1. The topological polar surface area (TPSA) is 74.7 Å². The van der Waals surface area contributed by atoms with Crippen LogP contribution >= 0.6 is 0 Å². The first kappa shape index (κ1) is 15.2. The molecular weight excluding hydrogens is 270 g/mol. The highest BCUT2D eigenvalue weighted by atomic mass is 16.4.